The van der Waals surface area contributed by atoms with Crippen molar-refractivity contribution in [2.45, 2.75) is 144 Å². The summed E-state index contributed by atoms with van der Waals surface area (Å²) in [6, 6.07) is 0. The Morgan fingerprint density at radius 1 is 0.708 bits per heavy atom. The second-order valence-electron chi connectivity index (χ2n) is 17.6. The molecule has 9 heterocycles. The first-order valence-electron chi connectivity index (χ1n) is 24.8. The summed E-state index contributed by atoms with van der Waals surface area (Å²) >= 11 is 3.35. The summed E-state index contributed by atoms with van der Waals surface area (Å²) in [6.45, 7) is 23.0. The minimum atomic E-state index is -1.00. The van der Waals surface area contributed by atoms with Gasteiger partial charge in [-0.05, 0) is 25.7 Å². The van der Waals surface area contributed by atoms with Crippen molar-refractivity contribution < 1.29 is 130 Å². The smallest absolute Gasteiger partial charge is 1.00 e. The first-order chi connectivity index (χ1) is 34.2. The maximum atomic E-state index is 12.6. The summed E-state index contributed by atoms with van der Waals surface area (Å²) in [5.74, 6) is 5.34. The molecule has 0 bridgehead atoms. The molecular formula is C46H73BrFK2N15O7. The van der Waals surface area contributed by atoms with Gasteiger partial charge in [0.1, 0.15) is 17.5 Å². The third-order valence-electron chi connectivity index (χ3n) is 11.6. The number of fused-ring (bicyclic) bond motifs is 6. The van der Waals surface area contributed by atoms with E-state index in [1.54, 1.807) is 45.8 Å². The van der Waals surface area contributed by atoms with Crippen molar-refractivity contribution in [3.8, 4) is 0 Å². The van der Waals surface area contributed by atoms with Crippen molar-refractivity contribution in [3.63, 3.8) is 0 Å². The van der Waals surface area contributed by atoms with Gasteiger partial charge in [0.15, 0.2) is 16.6 Å². The topological polar surface area (TPSA) is 245 Å². The van der Waals surface area contributed by atoms with Crippen LogP contribution in [0, 0.1) is 0 Å². The number of carbonyl (C=O) groups is 1. The molecule has 0 amide bonds. The van der Waals surface area contributed by atoms with Crippen molar-refractivity contribution in [1.82, 2.24) is 57.5 Å². The number of rotatable bonds is 15. The Bertz CT molecular complexity index is 2660. The summed E-state index contributed by atoms with van der Waals surface area (Å²) in [5, 5.41) is 35.3. The fourth-order valence-corrected chi connectivity index (χ4v) is 8.40. The van der Waals surface area contributed by atoms with Gasteiger partial charge in [-0.2, -0.15) is 0 Å². The number of alkyl halides is 2. The molecule has 0 aliphatic carbocycles. The average molecular weight is 1130 g/mol. The van der Waals surface area contributed by atoms with Gasteiger partial charge in [-0.3, -0.25) is 37.3 Å². The minimum absolute atomic E-state index is 0. The molecule has 26 heteroatoms. The third-order valence-corrected chi connectivity index (χ3v) is 12.1. The van der Waals surface area contributed by atoms with Crippen molar-refractivity contribution in [1.29, 1.82) is 0 Å². The molecule has 390 valence electrons. The van der Waals surface area contributed by atoms with Crippen LogP contribution in [0.1, 0.15) is 145 Å². The Balaban J connectivity index is 0.000000489. The Kier molecular flexibility index (Phi) is 29.7. The average Bonchev–Trinajstić information content (AvgIpc) is 4.22. The predicted octanol–water partition coefficient (Wildman–Crippen LogP) is -1.22. The van der Waals surface area contributed by atoms with Gasteiger partial charge in [0, 0.05) is 82.0 Å². The van der Waals surface area contributed by atoms with Gasteiger partial charge >= 0.3 is 103 Å². The predicted molar refractivity (Wildman–Crippen MR) is 271 cm³/mol. The quantitative estimate of drug-likeness (QED) is 0.0306. The van der Waals surface area contributed by atoms with Gasteiger partial charge in [0.05, 0.1) is 27.1 Å². The second-order valence-corrected chi connectivity index (χ2v) is 18.4. The number of anilines is 3. The summed E-state index contributed by atoms with van der Waals surface area (Å²) in [4.78, 5) is 65.7. The van der Waals surface area contributed by atoms with Crippen LogP contribution in [-0.2, 0) is 29.3 Å². The zero-order valence-electron chi connectivity index (χ0n) is 45.9. The number of hydrogen-bond donors (Lipinski definition) is 2. The van der Waals surface area contributed by atoms with Gasteiger partial charge in [-0.15, -0.1) is 15.3 Å². The third kappa shape index (κ3) is 16.5. The monoisotopic (exact) mass is 1120 g/mol. The molecule has 6 aromatic rings. The van der Waals surface area contributed by atoms with Gasteiger partial charge in [-0.25, -0.2) is 28.5 Å². The summed E-state index contributed by atoms with van der Waals surface area (Å²) in [6.07, 6.45) is 14.1. The molecule has 3 aliphatic heterocycles. The van der Waals surface area contributed by atoms with Gasteiger partial charge in [0.25, 0.3) is 23.2 Å². The fraction of sp³-hybridized carbons (Fsp3) is 0.652. The van der Waals surface area contributed by atoms with Crippen LogP contribution in [0.25, 0.3) is 16.6 Å². The van der Waals surface area contributed by atoms with E-state index in [2.05, 4.69) is 88.8 Å². The van der Waals surface area contributed by atoms with Gasteiger partial charge < -0.3 is 31.8 Å². The standard InChI is InChI=1S/C15H23N5O.C14H21N5O2.C10H13N5O.C5H11Br.CH3F.CH2O3.2K.H/c1-4-5-6-7-18-8-9-19-14(21)12-10-16-13(11(2)3)20(12)17-15(18)19;1-10(2)12-15-9-11-13(21)18-7-6-17(5-3-4-8-20)14(18)16-19(11)12;1-6(2)8-12-5-7-9(16)14-4-3-11-10(14)13-15(7)8;1-2-3-4-5-6;1-2;2-1-4-3;;;/h10-11H,4-9H2,1-3H3;9-10,20H,3-8H2,1-2H3;5-6H,3-4H2,1-2H3,(H,11,13);2-5H2,1H3;1H3;1,3H;;;/q;;;;;;2*+1;-1/p-1/i;;;;1D;;;;. The maximum absolute atomic E-state index is 12.6. The largest absolute Gasteiger partial charge is 1.00 e. The number of nitrogens with one attached hydrogen (secondary N) is 1. The Morgan fingerprint density at radius 3 is 1.46 bits per heavy atom. The second kappa shape index (κ2) is 33.5. The molecule has 3 aliphatic rings. The molecule has 22 nitrogen and oxygen atoms in total. The van der Waals surface area contributed by atoms with E-state index in [9.17, 15) is 18.8 Å². The Morgan fingerprint density at radius 2 is 1.10 bits per heavy atom. The zero-order valence-corrected chi connectivity index (χ0v) is 51.7. The first kappa shape index (κ1) is 63.8. The number of aliphatic hydroxyl groups is 1. The zero-order chi connectivity index (χ0) is 52.2. The molecule has 9 rings (SSSR count). The molecule has 0 unspecified atom stereocenters. The van der Waals surface area contributed by atoms with E-state index in [-0.39, 0.29) is 152 Å². The van der Waals surface area contributed by atoms with Crippen LogP contribution >= 0.6 is 15.9 Å². The van der Waals surface area contributed by atoms with Gasteiger partial charge in [0.2, 0.25) is 17.8 Å². The number of halogens is 2. The molecular weight excluding hydrogens is 1050 g/mol. The number of imidazole rings is 3. The molecule has 0 spiro atoms. The first-order valence-corrected chi connectivity index (χ1v) is 25.2. The number of aliphatic hydroxyl groups excluding tert-OH is 1. The minimum Gasteiger partial charge on any atom is -1.00 e. The Hall–Kier alpha value is -2.48. The summed E-state index contributed by atoms with van der Waals surface area (Å²) in [5.41, 5.74) is 1.66. The van der Waals surface area contributed by atoms with Gasteiger partial charge in [-0.1, -0.05) is 97.0 Å². The molecule has 0 aromatic carbocycles. The fourth-order valence-electron chi connectivity index (χ4n) is 8.01. The number of hydrogen-bond acceptors (Lipinski definition) is 16. The van der Waals surface area contributed by atoms with Crippen LogP contribution in [0.3, 0.4) is 0 Å². The molecule has 0 fully saturated rings. The van der Waals surface area contributed by atoms with Crippen LogP contribution in [0.15, 0.2) is 33.0 Å². The number of nitrogens with zero attached hydrogens (tertiary/aromatic N) is 14. The van der Waals surface area contributed by atoms with Crippen molar-refractivity contribution in [2.75, 3.05) is 66.9 Å². The molecule has 0 saturated heterocycles. The van der Waals surface area contributed by atoms with E-state index in [4.69, 9.17) is 21.6 Å². The molecule has 6 aromatic heterocycles. The summed E-state index contributed by atoms with van der Waals surface area (Å²) < 4.78 is 25.7. The SMILES string of the molecule is CC(C)c1ncc2c(=O)n3c(nn12)N(CCCCO)CC3.CC(C)c1ncc2c(=O)n3c(nn12)NCC3.CCCCCBr.CCCCCN1CCn2c1nn1c(C(C)C)ncc1c2=O.O=CO[O-].[2H]CF.[H-].[K+].[K+]. The van der Waals surface area contributed by atoms with E-state index < -0.39 is 7.15 Å². The van der Waals surface area contributed by atoms with E-state index in [0.29, 0.717) is 41.5 Å². The van der Waals surface area contributed by atoms with E-state index in [1.165, 1.54) is 37.4 Å². The van der Waals surface area contributed by atoms with Crippen LogP contribution in [0.2, 0.25) is 0 Å². The Labute approximate surface area is 516 Å². The van der Waals surface area contributed by atoms with E-state index in [1.807, 2.05) is 27.7 Å². The van der Waals surface area contributed by atoms with Crippen LogP contribution in [0.5, 0.6) is 0 Å². The number of aromatic nitrogens is 12. The van der Waals surface area contributed by atoms with Crippen LogP contribution in [-0.4, -0.2) is 121 Å². The number of unbranched alkanes of at least 4 members (excludes halogenated alkanes) is 5. The summed E-state index contributed by atoms with van der Waals surface area (Å²) in [7, 11) is -1.00. The van der Waals surface area contributed by atoms with E-state index >= 15 is 0 Å². The van der Waals surface area contributed by atoms with Crippen LogP contribution < -0.4 is 140 Å². The van der Waals surface area contributed by atoms with Crippen LogP contribution in [0.4, 0.5) is 22.2 Å². The molecule has 72 heavy (non-hydrogen) atoms. The molecule has 0 radical (unpaired) electrons. The molecule has 0 atom stereocenters. The van der Waals surface area contributed by atoms with Crippen molar-refractivity contribution >= 4 is 56.8 Å². The maximum Gasteiger partial charge on any atom is 1.00 e. The molecule has 2 N–H and O–H groups in total. The van der Waals surface area contributed by atoms with Crippen molar-refractivity contribution in [2.24, 2.45) is 0 Å². The van der Waals surface area contributed by atoms with Crippen molar-refractivity contribution in [3.05, 3.63) is 67.1 Å². The number of carbonyl (C=O) groups excluding carboxylic acids is 1. The van der Waals surface area contributed by atoms with E-state index in [0.717, 1.165) is 82.0 Å². The molecule has 0 saturated carbocycles. The normalized spacial score (nSPS) is 12.9.